The summed E-state index contributed by atoms with van der Waals surface area (Å²) in [5, 5.41) is 13.9. The molecule has 2 aromatic carbocycles. The van der Waals surface area contributed by atoms with Crippen LogP contribution in [0.3, 0.4) is 0 Å². The number of aliphatic hydroxyl groups is 1. The number of hydrogen-bond donors (Lipinski definition) is 1. The lowest BCUT2D eigenvalue weighted by molar-refractivity contribution is 0.0101. The number of hydrogen-bond acceptors (Lipinski definition) is 7. The van der Waals surface area contributed by atoms with Gasteiger partial charge in [0.15, 0.2) is 0 Å². The third kappa shape index (κ3) is 5.97. The normalized spacial score (nSPS) is 15.1. The summed E-state index contributed by atoms with van der Waals surface area (Å²) in [6.45, 7) is 16.8. The fourth-order valence-electron chi connectivity index (χ4n) is 4.70. The second-order valence-corrected chi connectivity index (χ2v) is 10.6. The summed E-state index contributed by atoms with van der Waals surface area (Å²) in [5.74, 6) is 1.26. The van der Waals surface area contributed by atoms with Crippen molar-refractivity contribution >= 4 is 11.8 Å². The maximum atomic E-state index is 13.0. The standard InChI is InChI=1S/C29H34N4O5/c1-18(2)36-25-14-13-19(17-23(25)30-6)27-31-26(32-38-27)22-11-7-10-21-20(22)9-8-12-24(21)33(15-16-34)28(35)37-29(3,4)5/h7,10-11,13-14,17-18,24,34H,8-9,12,15-16H2,1-5H3/t24-/m1/s1. The van der Waals surface area contributed by atoms with Crippen molar-refractivity contribution in [3.8, 4) is 28.6 Å². The molecule has 0 spiro atoms. The monoisotopic (exact) mass is 518 g/mol. The Balaban J connectivity index is 1.67. The van der Waals surface area contributed by atoms with Gasteiger partial charge in [-0.2, -0.15) is 4.98 Å². The molecule has 1 atom stereocenters. The van der Waals surface area contributed by atoms with Gasteiger partial charge in [-0.15, -0.1) is 0 Å². The first kappa shape index (κ1) is 27.1. The van der Waals surface area contributed by atoms with Gasteiger partial charge >= 0.3 is 6.09 Å². The molecule has 9 nitrogen and oxygen atoms in total. The molecule has 0 saturated heterocycles. The topological polar surface area (TPSA) is 102 Å². The van der Waals surface area contributed by atoms with Crippen molar-refractivity contribution in [3.05, 3.63) is 58.9 Å². The molecule has 0 unspecified atom stereocenters. The average molecular weight is 519 g/mol. The van der Waals surface area contributed by atoms with Gasteiger partial charge in [0.25, 0.3) is 5.89 Å². The zero-order chi connectivity index (χ0) is 27.4. The van der Waals surface area contributed by atoms with E-state index in [0.717, 1.165) is 36.0 Å². The molecule has 0 radical (unpaired) electrons. The third-order valence-corrected chi connectivity index (χ3v) is 6.18. The van der Waals surface area contributed by atoms with E-state index in [9.17, 15) is 9.90 Å². The van der Waals surface area contributed by atoms with Crippen LogP contribution in [0, 0.1) is 6.57 Å². The van der Waals surface area contributed by atoms with Crippen LogP contribution in [0.4, 0.5) is 10.5 Å². The Kier molecular flexibility index (Phi) is 8.02. The minimum absolute atomic E-state index is 0.0481. The van der Waals surface area contributed by atoms with Gasteiger partial charge in [-0.05, 0) is 83.2 Å². The van der Waals surface area contributed by atoms with E-state index in [1.807, 2.05) is 52.8 Å². The van der Waals surface area contributed by atoms with Crippen LogP contribution >= 0.6 is 0 Å². The smallest absolute Gasteiger partial charge is 0.410 e. The van der Waals surface area contributed by atoms with Gasteiger partial charge in [-0.25, -0.2) is 9.64 Å². The molecule has 0 bridgehead atoms. The number of carbonyl (C=O) groups is 1. The van der Waals surface area contributed by atoms with Crippen LogP contribution < -0.4 is 4.74 Å². The lowest BCUT2D eigenvalue weighted by Crippen LogP contribution is -2.42. The van der Waals surface area contributed by atoms with Crippen LogP contribution in [-0.2, 0) is 11.2 Å². The SMILES string of the molecule is [C-]#[N+]c1cc(-c2nc(-c3cccc4c3CCC[C@H]4N(CCO)C(=O)OC(C)(C)C)no2)ccc1OC(C)C. The van der Waals surface area contributed by atoms with Crippen molar-refractivity contribution in [2.45, 2.75) is 71.6 Å². The third-order valence-electron chi connectivity index (χ3n) is 6.18. The molecule has 1 amide bonds. The molecule has 0 aliphatic heterocycles. The molecule has 0 saturated carbocycles. The molecular weight excluding hydrogens is 484 g/mol. The van der Waals surface area contributed by atoms with Crippen molar-refractivity contribution in [2.24, 2.45) is 0 Å². The number of nitrogens with zero attached hydrogens (tertiary/aromatic N) is 4. The molecule has 200 valence electrons. The number of fused-ring (bicyclic) bond motifs is 1. The van der Waals surface area contributed by atoms with Gasteiger partial charge in [0.05, 0.1) is 25.3 Å². The Morgan fingerprint density at radius 3 is 2.76 bits per heavy atom. The van der Waals surface area contributed by atoms with E-state index in [0.29, 0.717) is 28.7 Å². The van der Waals surface area contributed by atoms with Crippen molar-refractivity contribution in [2.75, 3.05) is 13.2 Å². The summed E-state index contributed by atoms with van der Waals surface area (Å²) in [4.78, 5) is 22.9. The maximum absolute atomic E-state index is 13.0. The van der Waals surface area contributed by atoms with E-state index in [1.54, 1.807) is 23.1 Å². The zero-order valence-electron chi connectivity index (χ0n) is 22.5. The quantitative estimate of drug-likeness (QED) is 0.364. The number of amides is 1. The molecule has 1 aliphatic rings. The molecule has 9 heteroatoms. The van der Waals surface area contributed by atoms with Crippen molar-refractivity contribution < 1.29 is 23.9 Å². The molecule has 1 heterocycles. The van der Waals surface area contributed by atoms with Gasteiger partial charge in [-0.1, -0.05) is 23.4 Å². The number of benzene rings is 2. The first-order valence-corrected chi connectivity index (χ1v) is 12.9. The van der Waals surface area contributed by atoms with E-state index in [1.165, 1.54) is 0 Å². The summed E-state index contributed by atoms with van der Waals surface area (Å²) in [6, 6.07) is 10.9. The molecule has 4 rings (SSSR count). The van der Waals surface area contributed by atoms with Crippen molar-refractivity contribution in [1.29, 1.82) is 0 Å². The summed E-state index contributed by atoms with van der Waals surface area (Å²) < 4.78 is 17.0. The van der Waals surface area contributed by atoms with E-state index < -0.39 is 11.7 Å². The summed E-state index contributed by atoms with van der Waals surface area (Å²) in [5.41, 5.74) is 3.24. The molecule has 1 aromatic heterocycles. The molecule has 0 fully saturated rings. The fraction of sp³-hybridized carbons (Fsp3) is 0.448. The Bertz CT molecular complexity index is 1340. The number of aromatic nitrogens is 2. The van der Waals surface area contributed by atoms with Crippen LogP contribution in [0.1, 0.15) is 64.6 Å². The van der Waals surface area contributed by atoms with E-state index >= 15 is 0 Å². The molecule has 1 N–H and O–H groups in total. The number of rotatable bonds is 7. The number of carbonyl (C=O) groups excluding carboxylic acids is 1. The van der Waals surface area contributed by atoms with Gasteiger partial charge < -0.3 is 19.1 Å². The van der Waals surface area contributed by atoms with Gasteiger partial charge in [0, 0.05) is 17.7 Å². The minimum Gasteiger partial charge on any atom is -0.502 e. The fourth-order valence-corrected chi connectivity index (χ4v) is 4.70. The van der Waals surface area contributed by atoms with E-state index in [-0.39, 0.29) is 25.3 Å². The molecule has 1 aliphatic carbocycles. The average Bonchev–Trinajstić information content (AvgIpc) is 3.35. The molecule has 38 heavy (non-hydrogen) atoms. The predicted octanol–water partition coefficient (Wildman–Crippen LogP) is 6.35. The summed E-state index contributed by atoms with van der Waals surface area (Å²) >= 11 is 0. The second kappa shape index (κ2) is 11.2. The zero-order valence-corrected chi connectivity index (χ0v) is 22.5. The molecule has 3 aromatic rings. The van der Waals surface area contributed by atoms with Crippen molar-refractivity contribution in [1.82, 2.24) is 15.0 Å². The maximum Gasteiger partial charge on any atom is 0.410 e. The predicted molar refractivity (Wildman–Crippen MR) is 143 cm³/mol. The lowest BCUT2D eigenvalue weighted by Gasteiger charge is -2.37. The van der Waals surface area contributed by atoms with Crippen LogP contribution in [0.5, 0.6) is 5.75 Å². The van der Waals surface area contributed by atoms with Crippen molar-refractivity contribution in [3.63, 3.8) is 0 Å². The number of aliphatic hydroxyl groups excluding tert-OH is 1. The van der Waals surface area contributed by atoms with Gasteiger partial charge in [0.2, 0.25) is 11.5 Å². The Morgan fingerprint density at radius 1 is 1.29 bits per heavy atom. The Hall–Kier alpha value is -3.90. The number of ether oxygens (including phenoxy) is 2. The van der Waals surface area contributed by atoms with Crippen LogP contribution in [0.2, 0.25) is 0 Å². The van der Waals surface area contributed by atoms with Crippen LogP contribution in [0.25, 0.3) is 27.7 Å². The minimum atomic E-state index is -0.641. The van der Waals surface area contributed by atoms with Crippen LogP contribution in [0.15, 0.2) is 40.9 Å². The lowest BCUT2D eigenvalue weighted by atomic mass is 9.84. The van der Waals surface area contributed by atoms with Crippen LogP contribution in [-0.4, -0.2) is 51.1 Å². The Morgan fingerprint density at radius 2 is 2.08 bits per heavy atom. The highest BCUT2D eigenvalue weighted by molar-refractivity contribution is 5.72. The largest absolute Gasteiger partial charge is 0.502 e. The highest BCUT2D eigenvalue weighted by Crippen LogP contribution is 2.40. The second-order valence-electron chi connectivity index (χ2n) is 10.6. The first-order chi connectivity index (χ1) is 18.1. The van der Waals surface area contributed by atoms with Gasteiger partial charge in [-0.3, -0.25) is 4.90 Å². The van der Waals surface area contributed by atoms with Gasteiger partial charge in [0.1, 0.15) is 11.4 Å². The first-order valence-electron chi connectivity index (χ1n) is 12.9. The Labute approximate surface area is 223 Å². The highest BCUT2D eigenvalue weighted by Gasteiger charge is 2.33. The van der Waals surface area contributed by atoms with E-state index in [4.69, 9.17) is 20.6 Å². The molecular formula is C29H34N4O5. The summed E-state index contributed by atoms with van der Waals surface area (Å²) in [7, 11) is 0. The van der Waals surface area contributed by atoms with E-state index in [2.05, 4.69) is 15.0 Å². The summed E-state index contributed by atoms with van der Waals surface area (Å²) in [6.07, 6.45) is 1.92. The highest BCUT2D eigenvalue weighted by atomic mass is 16.6.